The van der Waals surface area contributed by atoms with Crippen LogP contribution in [0, 0.1) is 0 Å². The van der Waals surface area contributed by atoms with Gasteiger partial charge in [0.2, 0.25) is 5.91 Å². The van der Waals surface area contributed by atoms with Crippen LogP contribution in [0.15, 0.2) is 46.4 Å². The van der Waals surface area contributed by atoms with Crippen LogP contribution in [0.25, 0.3) is 0 Å². The van der Waals surface area contributed by atoms with Gasteiger partial charge in [0.1, 0.15) is 11.6 Å². The number of aryl methyl sites for hydroxylation is 1. The average Bonchev–Trinajstić information content (AvgIpc) is 3.15. The van der Waals surface area contributed by atoms with Gasteiger partial charge in [-0.2, -0.15) is 0 Å². The Kier molecular flexibility index (Phi) is 9.13. The number of thiazole rings is 1. The summed E-state index contributed by atoms with van der Waals surface area (Å²) < 4.78 is 0. The van der Waals surface area contributed by atoms with E-state index in [2.05, 4.69) is 39.7 Å². The highest BCUT2D eigenvalue weighted by Crippen LogP contribution is 2.15. The Hall–Kier alpha value is -2.06. The van der Waals surface area contributed by atoms with Crippen LogP contribution in [0.2, 0.25) is 0 Å². The minimum absolute atomic E-state index is 0.0303. The first-order valence-corrected chi connectivity index (χ1v) is 10.7. The van der Waals surface area contributed by atoms with E-state index in [9.17, 15) is 4.79 Å². The van der Waals surface area contributed by atoms with Crippen molar-refractivity contribution in [2.24, 2.45) is 4.99 Å². The van der Waals surface area contributed by atoms with Crippen molar-refractivity contribution in [3.05, 3.63) is 46.4 Å². The standard InChI is InChI=1S/C19H27N5OS2/c1-4-15-12-21-17(27-15)13-22-19(23-14-18(25)24(2)3)20-10-11-26-16-8-6-5-7-9-16/h5-9,12H,4,10-11,13-14H2,1-3H3,(H2,20,22,23). The fourth-order valence-electron chi connectivity index (χ4n) is 2.07. The normalized spacial score (nSPS) is 11.3. The smallest absolute Gasteiger partial charge is 0.243 e. The molecule has 2 N–H and O–H groups in total. The molecular formula is C19H27N5OS2. The summed E-state index contributed by atoms with van der Waals surface area (Å²) in [7, 11) is 3.47. The maximum absolute atomic E-state index is 11.8. The molecule has 0 aliphatic rings. The number of amides is 1. The third kappa shape index (κ3) is 8.01. The van der Waals surface area contributed by atoms with E-state index < -0.39 is 0 Å². The number of nitrogens with one attached hydrogen (secondary N) is 2. The molecule has 0 aliphatic heterocycles. The zero-order valence-corrected chi connectivity index (χ0v) is 17.7. The molecule has 0 saturated heterocycles. The lowest BCUT2D eigenvalue weighted by Crippen LogP contribution is -2.39. The molecule has 2 rings (SSSR count). The van der Waals surface area contributed by atoms with Crippen LogP contribution >= 0.6 is 23.1 Å². The van der Waals surface area contributed by atoms with Gasteiger partial charge in [0.05, 0.1) is 6.54 Å². The second kappa shape index (κ2) is 11.6. The van der Waals surface area contributed by atoms with Gasteiger partial charge in [-0.15, -0.1) is 23.1 Å². The lowest BCUT2D eigenvalue weighted by molar-refractivity contribution is -0.127. The fraction of sp³-hybridized carbons (Fsp3) is 0.421. The number of aliphatic imine (C=N–C) groups is 1. The third-order valence-electron chi connectivity index (χ3n) is 3.63. The Morgan fingerprint density at radius 3 is 2.70 bits per heavy atom. The summed E-state index contributed by atoms with van der Waals surface area (Å²) in [5, 5.41) is 7.59. The van der Waals surface area contributed by atoms with Crippen molar-refractivity contribution in [1.29, 1.82) is 0 Å². The highest BCUT2D eigenvalue weighted by Gasteiger charge is 2.06. The van der Waals surface area contributed by atoms with Gasteiger partial charge in [-0.25, -0.2) is 9.98 Å². The number of guanidine groups is 1. The van der Waals surface area contributed by atoms with E-state index in [-0.39, 0.29) is 12.5 Å². The average molecular weight is 406 g/mol. The maximum Gasteiger partial charge on any atom is 0.243 e. The van der Waals surface area contributed by atoms with Gasteiger partial charge in [0, 0.05) is 42.4 Å². The van der Waals surface area contributed by atoms with Crippen LogP contribution in [0.5, 0.6) is 0 Å². The number of hydrogen-bond donors (Lipinski definition) is 2. The number of nitrogens with zero attached hydrogens (tertiary/aromatic N) is 3. The van der Waals surface area contributed by atoms with E-state index in [1.54, 1.807) is 42.1 Å². The number of carbonyl (C=O) groups is 1. The molecule has 0 radical (unpaired) electrons. The largest absolute Gasteiger partial charge is 0.356 e. The van der Waals surface area contributed by atoms with Gasteiger partial charge >= 0.3 is 0 Å². The molecule has 0 saturated carbocycles. The Bertz CT molecular complexity index is 731. The molecule has 0 unspecified atom stereocenters. The molecule has 1 aromatic heterocycles. The SMILES string of the molecule is CCc1cnc(CNC(=NCC(=O)N(C)C)NCCSc2ccccc2)s1. The van der Waals surface area contributed by atoms with Crippen molar-refractivity contribution in [3.8, 4) is 0 Å². The van der Waals surface area contributed by atoms with Crippen molar-refractivity contribution in [2.45, 2.75) is 24.8 Å². The van der Waals surface area contributed by atoms with Gasteiger partial charge in [0.15, 0.2) is 5.96 Å². The molecule has 1 amide bonds. The highest BCUT2D eigenvalue weighted by molar-refractivity contribution is 7.99. The summed E-state index contributed by atoms with van der Waals surface area (Å²) in [4.78, 5) is 24.7. The molecule has 27 heavy (non-hydrogen) atoms. The predicted molar refractivity (Wildman–Crippen MR) is 114 cm³/mol. The minimum Gasteiger partial charge on any atom is -0.356 e. The molecule has 0 fully saturated rings. The first-order chi connectivity index (χ1) is 13.1. The van der Waals surface area contributed by atoms with Crippen LogP contribution in [0.1, 0.15) is 16.8 Å². The van der Waals surface area contributed by atoms with Crippen LogP contribution < -0.4 is 10.6 Å². The van der Waals surface area contributed by atoms with Crippen LogP contribution in [0.3, 0.4) is 0 Å². The molecule has 0 aliphatic carbocycles. The summed E-state index contributed by atoms with van der Waals surface area (Å²) in [5.74, 6) is 1.51. The molecule has 1 aromatic carbocycles. The van der Waals surface area contributed by atoms with Crippen LogP contribution in [-0.4, -0.2) is 54.7 Å². The van der Waals surface area contributed by atoms with Crippen LogP contribution in [0.4, 0.5) is 0 Å². The lowest BCUT2D eigenvalue weighted by atomic mass is 10.4. The number of thioether (sulfide) groups is 1. The Balaban J connectivity index is 1.85. The topological polar surface area (TPSA) is 69.6 Å². The minimum atomic E-state index is -0.0303. The van der Waals surface area contributed by atoms with E-state index in [1.165, 1.54) is 9.77 Å². The van der Waals surface area contributed by atoms with Crippen molar-refractivity contribution >= 4 is 35.0 Å². The van der Waals surface area contributed by atoms with E-state index in [1.807, 2.05) is 24.4 Å². The number of aromatic nitrogens is 1. The van der Waals surface area contributed by atoms with Gasteiger partial charge in [-0.1, -0.05) is 25.1 Å². The zero-order valence-electron chi connectivity index (χ0n) is 16.1. The molecule has 0 bridgehead atoms. The monoisotopic (exact) mass is 405 g/mol. The van der Waals surface area contributed by atoms with E-state index in [0.29, 0.717) is 12.5 Å². The quantitative estimate of drug-likeness (QED) is 0.290. The van der Waals surface area contributed by atoms with Gasteiger partial charge in [0.25, 0.3) is 0 Å². The molecular weight excluding hydrogens is 378 g/mol. The summed E-state index contributed by atoms with van der Waals surface area (Å²) in [6, 6.07) is 10.3. The maximum atomic E-state index is 11.8. The molecule has 1 heterocycles. The van der Waals surface area contributed by atoms with Crippen molar-refractivity contribution in [3.63, 3.8) is 0 Å². The highest BCUT2D eigenvalue weighted by atomic mass is 32.2. The Labute approximate surface area is 169 Å². The number of likely N-dealkylation sites (N-methyl/N-ethyl adjacent to an activating group) is 1. The number of hydrogen-bond acceptors (Lipinski definition) is 5. The molecule has 0 atom stereocenters. The van der Waals surface area contributed by atoms with Crippen molar-refractivity contribution in [2.75, 3.05) is 32.9 Å². The van der Waals surface area contributed by atoms with Gasteiger partial charge in [-0.3, -0.25) is 4.79 Å². The van der Waals surface area contributed by atoms with Crippen LogP contribution in [-0.2, 0) is 17.8 Å². The first kappa shape index (κ1) is 21.2. The van der Waals surface area contributed by atoms with E-state index in [0.717, 1.165) is 23.7 Å². The fourth-order valence-corrected chi connectivity index (χ4v) is 3.66. The number of rotatable bonds is 9. The van der Waals surface area contributed by atoms with Crippen molar-refractivity contribution in [1.82, 2.24) is 20.5 Å². The predicted octanol–water partition coefficient (Wildman–Crippen LogP) is 2.62. The second-order valence-electron chi connectivity index (χ2n) is 5.97. The third-order valence-corrected chi connectivity index (χ3v) is 5.79. The Morgan fingerprint density at radius 2 is 2.04 bits per heavy atom. The van der Waals surface area contributed by atoms with E-state index >= 15 is 0 Å². The summed E-state index contributed by atoms with van der Waals surface area (Å²) in [6.45, 7) is 3.58. The second-order valence-corrected chi connectivity index (χ2v) is 8.34. The molecule has 8 heteroatoms. The summed E-state index contributed by atoms with van der Waals surface area (Å²) in [6.07, 6.45) is 2.91. The molecule has 2 aromatic rings. The Morgan fingerprint density at radius 1 is 1.26 bits per heavy atom. The van der Waals surface area contributed by atoms with Crippen molar-refractivity contribution < 1.29 is 4.79 Å². The lowest BCUT2D eigenvalue weighted by Gasteiger charge is -2.13. The molecule has 146 valence electrons. The summed E-state index contributed by atoms with van der Waals surface area (Å²) >= 11 is 3.48. The zero-order chi connectivity index (χ0) is 19.5. The van der Waals surface area contributed by atoms with Gasteiger partial charge in [-0.05, 0) is 18.6 Å². The summed E-state index contributed by atoms with van der Waals surface area (Å²) in [5.41, 5.74) is 0. The molecule has 6 nitrogen and oxygen atoms in total. The van der Waals surface area contributed by atoms with Gasteiger partial charge < -0.3 is 15.5 Å². The number of carbonyl (C=O) groups excluding carboxylic acids is 1. The first-order valence-electron chi connectivity index (χ1n) is 8.92. The molecule has 0 spiro atoms. The van der Waals surface area contributed by atoms with E-state index in [4.69, 9.17) is 0 Å². The number of benzene rings is 1.